The third-order valence-corrected chi connectivity index (χ3v) is 1.56. The van der Waals surface area contributed by atoms with Crippen molar-refractivity contribution in [3.05, 3.63) is 22.7 Å². The number of nitrogens with zero attached hydrogens (tertiary/aromatic N) is 1. The SMILES string of the molecule is [2H]C1([2H])C=Cc2c[nH]c(=S)n21. The first-order valence-corrected chi connectivity index (χ1v) is 3.02. The van der Waals surface area contributed by atoms with Crippen LogP contribution in [0.4, 0.5) is 0 Å². The molecule has 0 unspecified atom stereocenters. The van der Waals surface area contributed by atoms with E-state index in [4.69, 9.17) is 15.0 Å². The van der Waals surface area contributed by atoms with Crippen molar-refractivity contribution in [3.8, 4) is 0 Å². The summed E-state index contributed by atoms with van der Waals surface area (Å²) in [6.07, 6.45) is 4.90. The number of H-pyrrole nitrogens is 1. The fourth-order valence-electron chi connectivity index (χ4n) is 0.835. The highest BCUT2D eigenvalue weighted by molar-refractivity contribution is 7.71. The van der Waals surface area contributed by atoms with Crippen LogP contribution in [0.1, 0.15) is 8.44 Å². The van der Waals surface area contributed by atoms with Gasteiger partial charge >= 0.3 is 0 Å². The number of aromatic nitrogens is 2. The summed E-state index contributed by atoms with van der Waals surface area (Å²) in [5.74, 6) is 0. The molecule has 1 aliphatic rings. The smallest absolute Gasteiger partial charge is 0.177 e. The van der Waals surface area contributed by atoms with Crippen LogP contribution in [0.2, 0.25) is 0 Å². The number of fused-ring (bicyclic) bond motifs is 1. The van der Waals surface area contributed by atoms with Gasteiger partial charge in [-0.05, 0) is 18.3 Å². The molecular formula is C6H6N2S. The molecule has 0 atom stereocenters. The Morgan fingerprint density at radius 1 is 1.89 bits per heavy atom. The highest BCUT2D eigenvalue weighted by Crippen LogP contribution is 2.10. The molecule has 2 nitrogen and oxygen atoms in total. The minimum atomic E-state index is -1.45. The van der Waals surface area contributed by atoms with E-state index >= 15 is 0 Å². The first kappa shape index (κ1) is 3.37. The predicted molar refractivity (Wildman–Crippen MR) is 38.7 cm³/mol. The highest BCUT2D eigenvalue weighted by Gasteiger charge is 2.02. The van der Waals surface area contributed by atoms with Crippen LogP contribution in [0.15, 0.2) is 12.3 Å². The maximum absolute atomic E-state index is 7.48. The van der Waals surface area contributed by atoms with E-state index in [1.807, 2.05) is 0 Å². The molecule has 1 N–H and O–H groups in total. The van der Waals surface area contributed by atoms with Gasteiger partial charge in [0.2, 0.25) is 0 Å². The van der Waals surface area contributed by atoms with E-state index in [1.54, 1.807) is 12.3 Å². The van der Waals surface area contributed by atoms with Crippen molar-refractivity contribution in [3.63, 3.8) is 0 Å². The Bertz CT molecular complexity index is 374. The van der Waals surface area contributed by atoms with Gasteiger partial charge in [-0.15, -0.1) is 0 Å². The molecule has 0 aromatic carbocycles. The molecule has 2 heterocycles. The van der Waals surface area contributed by atoms with Crippen molar-refractivity contribution in [2.45, 2.75) is 6.50 Å². The molecule has 0 spiro atoms. The first-order valence-electron chi connectivity index (χ1n) is 3.61. The van der Waals surface area contributed by atoms with Gasteiger partial charge in [0.05, 0.1) is 8.44 Å². The zero-order valence-corrected chi connectivity index (χ0v) is 5.40. The molecule has 2 rings (SSSR count). The zero-order valence-electron chi connectivity index (χ0n) is 6.59. The van der Waals surface area contributed by atoms with Crippen LogP contribution in [0.3, 0.4) is 0 Å². The van der Waals surface area contributed by atoms with E-state index in [-0.39, 0.29) is 0 Å². The van der Waals surface area contributed by atoms with Crippen LogP contribution in [-0.4, -0.2) is 9.55 Å². The minimum absolute atomic E-state index is 0.426. The lowest BCUT2D eigenvalue weighted by Crippen LogP contribution is -1.90. The van der Waals surface area contributed by atoms with Gasteiger partial charge in [-0.1, -0.05) is 6.08 Å². The molecule has 0 amide bonds. The number of imidazole rings is 1. The Morgan fingerprint density at radius 3 is 3.56 bits per heavy atom. The quantitative estimate of drug-likeness (QED) is 0.542. The van der Waals surface area contributed by atoms with Crippen molar-refractivity contribution >= 4 is 18.3 Å². The number of nitrogens with one attached hydrogen (secondary N) is 1. The van der Waals surface area contributed by atoms with Crippen LogP contribution < -0.4 is 0 Å². The van der Waals surface area contributed by atoms with Gasteiger partial charge in [0.25, 0.3) is 0 Å². The molecule has 9 heavy (non-hydrogen) atoms. The summed E-state index contributed by atoms with van der Waals surface area (Å²) in [7, 11) is 0. The molecule has 46 valence electrons. The summed E-state index contributed by atoms with van der Waals surface area (Å²) in [5.41, 5.74) is 0.792. The van der Waals surface area contributed by atoms with Gasteiger partial charge in [0, 0.05) is 12.7 Å². The van der Waals surface area contributed by atoms with Gasteiger partial charge in [0.1, 0.15) is 0 Å². The van der Waals surface area contributed by atoms with Crippen molar-refractivity contribution < 1.29 is 2.74 Å². The molecule has 0 saturated carbocycles. The highest BCUT2D eigenvalue weighted by atomic mass is 32.1. The molecule has 1 aliphatic heterocycles. The monoisotopic (exact) mass is 140 g/mol. The molecule has 0 radical (unpaired) electrons. The van der Waals surface area contributed by atoms with Crippen LogP contribution in [0.25, 0.3) is 6.08 Å². The van der Waals surface area contributed by atoms with Gasteiger partial charge < -0.3 is 9.55 Å². The number of rotatable bonds is 0. The Hall–Kier alpha value is -0.830. The summed E-state index contributed by atoms with van der Waals surface area (Å²) in [5, 5.41) is 0. The molecule has 0 fully saturated rings. The molecular weight excluding hydrogens is 132 g/mol. The Labute approximate surface area is 60.6 Å². The summed E-state index contributed by atoms with van der Waals surface area (Å²) >= 11 is 4.89. The maximum atomic E-state index is 7.48. The van der Waals surface area contributed by atoms with E-state index < -0.39 is 6.50 Å². The van der Waals surface area contributed by atoms with Gasteiger partial charge in [-0.2, -0.15) is 0 Å². The van der Waals surface area contributed by atoms with Gasteiger partial charge in [-0.25, -0.2) is 0 Å². The average Bonchev–Trinajstić information content (AvgIpc) is 2.38. The summed E-state index contributed by atoms with van der Waals surface area (Å²) < 4.78 is 16.8. The summed E-state index contributed by atoms with van der Waals surface area (Å²) in [6, 6.07) is 0. The van der Waals surface area contributed by atoms with Crippen molar-refractivity contribution in [2.24, 2.45) is 0 Å². The lowest BCUT2D eigenvalue weighted by Gasteiger charge is -1.90. The second-order valence-electron chi connectivity index (χ2n) is 1.82. The Morgan fingerprint density at radius 2 is 2.78 bits per heavy atom. The average molecular weight is 140 g/mol. The molecule has 0 saturated heterocycles. The van der Waals surface area contributed by atoms with E-state index in [1.165, 1.54) is 10.6 Å². The second-order valence-corrected chi connectivity index (χ2v) is 2.20. The third-order valence-electron chi connectivity index (χ3n) is 1.26. The minimum Gasteiger partial charge on any atom is -0.337 e. The maximum Gasteiger partial charge on any atom is 0.177 e. The standard InChI is InChI=1S/C6H6N2S/c9-6-7-4-5-2-1-3-8(5)6/h1-2,4H,3H2,(H,7,9)/i3D2. The van der Waals surface area contributed by atoms with Gasteiger partial charge in [0.15, 0.2) is 4.77 Å². The largest absolute Gasteiger partial charge is 0.337 e. The lowest BCUT2D eigenvalue weighted by molar-refractivity contribution is 0.821. The number of hydrogen-bond donors (Lipinski definition) is 1. The van der Waals surface area contributed by atoms with Crippen molar-refractivity contribution in [1.29, 1.82) is 0 Å². The summed E-state index contributed by atoms with van der Waals surface area (Å²) in [6.45, 7) is -1.45. The normalized spacial score (nSPS) is 23.1. The van der Waals surface area contributed by atoms with Crippen molar-refractivity contribution in [1.82, 2.24) is 9.55 Å². The number of allylic oxidation sites excluding steroid dienone is 1. The number of hydrogen-bond acceptors (Lipinski definition) is 1. The first-order chi connectivity index (χ1) is 5.11. The Kier molecular flexibility index (Phi) is 0.589. The molecule has 0 aliphatic carbocycles. The third kappa shape index (κ3) is 0.580. The molecule has 0 bridgehead atoms. The van der Waals surface area contributed by atoms with E-state index in [9.17, 15) is 0 Å². The zero-order chi connectivity index (χ0) is 8.06. The number of aromatic amines is 1. The Balaban J connectivity index is 2.77. The van der Waals surface area contributed by atoms with E-state index in [2.05, 4.69) is 4.98 Å². The lowest BCUT2D eigenvalue weighted by atomic mass is 10.5. The van der Waals surface area contributed by atoms with Crippen LogP contribution in [0.5, 0.6) is 0 Å². The van der Waals surface area contributed by atoms with Crippen LogP contribution in [0, 0.1) is 4.77 Å². The van der Waals surface area contributed by atoms with Gasteiger partial charge in [-0.3, -0.25) is 0 Å². The van der Waals surface area contributed by atoms with E-state index in [0.29, 0.717) is 4.77 Å². The molecule has 3 heteroatoms. The summed E-state index contributed by atoms with van der Waals surface area (Å²) in [4.78, 5) is 2.78. The fourth-order valence-corrected chi connectivity index (χ4v) is 1.05. The molecule has 1 aromatic rings. The van der Waals surface area contributed by atoms with Crippen LogP contribution in [-0.2, 0) is 6.50 Å². The topological polar surface area (TPSA) is 20.7 Å². The molecule has 1 aromatic heterocycles. The van der Waals surface area contributed by atoms with Crippen LogP contribution >= 0.6 is 12.2 Å². The fraction of sp³-hybridized carbons (Fsp3) is 0.167. The van der Waals surface area contributed by atoms with Crippen molar-refractivity contribution in [2.75, 3.05) is 0 Å². The second kappa shape index (κ2) is 1.57. The van der Waals surface area contributed by atoms with E-state index in [0.717, 1.165) is 5.69 Å². The predicted octanol–water partition coefficient (Wildman–Crippen LogP) is 1.57.